The van der Waals surface area contributed by atoms with Crippen LogP contribution in [0.2, 0.25) is 5.02 Å². The van der Waals surface area contributed by atoms with Gasteiger partial charge in [0.2, 0.25) is 10.0 Å². The van der Waals surface area contributed by atoms with Crippen molar-refractivity contribution in [2.24, 2.45) is 4.99 Å². The molecule has 0 aliphatic carbocycles. The average molecular weight is 376 g/mol. The minimum Gasteiger partial charge on any atom is -0.379 e. The van der Waals surface area contributed by atoms with Crippen LogP contribution in [-0.2, 0) is 14.8 Å². The van der Waals surface area contributed by atoms with E-state index < -0.39 is 10.0 Å². The van der Waals surface area contributed by atoms with Crippen molar-refractivity contribution >= 4 is 44.2 Å². The van der Waals surface area contributed by atoms with Crippen LogP contribution in [0.4, 0.5) is 5.69 Å². The first-order valence-corrected chi connectivity index (χ1v) is 10.2. The Bertz CT molecular complexity index is 703. The van der Waals surface area contributed by atoms with Crippen molar-refractivity contribution in [2.45, 2.75) is 11.3 Å². The van der Waals surface area contributed by atoms with Gasteiger partial charge in [-0.2, -0.15) is 4.31 Å². The van der Waals surface area contributed by atoms with Gasteiger partial charge < -0.3 is 10.1 Å². The topological polar surface area (TPSA) is 71.0 Å². The summed E-state index contributed by atoms with van der Waals surface area (Å²) in [7, 11) is -3.53. The zero-order valence-corrected chi connectivity index (χ0v) is 14.9. The molecule has 1 fully saturated rings. The van der Waals surface area contributed by atoms with Crippen LogP contribution >= 0.6 is 23.4 Å². The van der Waals surface area contributed by atoms with Gasteiger partial charge in [0.05, 0.1) is 28.8 Å². The molecule has 0 saturated carbocycles. The molecule has 0 aromatic heterocycles. The third kappa shape index (κ3) is 4.00. The highest BCUT2D eigenvalue weighted by Crippen LogP contribution is 2.28. The van der Waals surface area contributed by atoms with Gasteiger partial charge in [-0.1, -0.05) is 23.4 Å². The summed E-state index contributed by atoms with van der Waals surface area (Å²) < 4.78 is 32.1. The van der Waals surface area contributed by atoms with E-state index in [0.29, 0.717) is 37.0 Å². The van der Waals surface area contributed by atoms with E-state index >= 15 is 0 Å². The molecule has 3 rings (SSSR count). The summed E-state index contributed by atoms with van der Waals surface area (Å²) in [4.78, 5) is 4.61. The molecule has 23 heavy (non-hydrogen) atoms. The Morgan fingerprint density at radius 1 is 1.30 bits per heavy atom. The molecule has 2 aliphatic rings. The van der Waals surface area contributed by atoms with Crippen LogP contribution in [0.15, 0.2) is 28.1 Å². The Hall–Kier alpha value is -0.800. The largest absolute Gasteiger partial charge is 0.379 e. The minimum atomic E-state index is -3.53. The van der Waals surface area contributed by atoms with Crippen molar-refractivity contribution in [1.82, 2.24) is 4.31 Å². The molecule has 1 N–H and O–H groups in total. The van der Waals surface area contributed by atoms with Crippen LogP contribution in [-0.4, -0.2) is 56.5 Å². The highest BCUT2D eigenvalue weighted by atomic mass is 35.5. The smallest absolute Gasteiger partial charge is 0.243 e. The van der Waals surface area contributed by atoms with Gasteiger partial charge in [-0.25, -0.2) is 8.42 Å². The minimum absolute atomic E-state index is 0.229. The number of rotatable bonds is 3. The van der Waals surface area contributed by atoms with Crippen LogP contribution in [0.3, 0.4) is 0 Å². The number of nitrogens with zero attached hydrogens (tertiary/aromatic N) is 2. The van der Waals surface area contributed by atoms with E-state index in [0.717, 1.165) is 23.9 Å². The van der Waals surface area contributed by atoms with Crippen LogP contribution in [0.5, 0.6) is 0 Å². The fraction of sp³-hybridized carbons (Fsp3) is 0.500. The highest BCUT2D eigenvalue weighted by molar-refractivity contribution is 8.14. The second-order valence-electron chi connectivity index (χ2n) is 5.17. The number of morpholine rings is 1. The third-order valence-electron chi connectivity index (χ3n) is 3.58. The van der Waals surface area contributed by atoms with Crippen molar-refractivity contribution in [3.8, 4) is 0 Å². The van der Waals surface area contributed by atoms with Gasteiger partial charge in [0.25, 0.3) is 0 Å². The number of aliphatic imine (C=N–C) groups is 1. The molecule has 1 aromatic carbocycles. The fourth-order valence-electron chi connectivity index (χ4n) is 2.35. The maximum Gasteiger partial charge on any atom is 0.243 e. The number of sulfonamides is 1. The SMILES string of the molecule is O=S(=O)(c1ccc(Cl)c(NC2=NCCCS2)c1)N1CCOCC1. The van der Waals surface area contributed by atoms with Crippen molar-refractivity contribution < 1.29 is 13.2 Å². The van der Waals surface area contributed by atoms with E-state index in [2.05, 4.69) is 10.3 Å². The van der Waals surface area contributed by atoms with E-state index in [1.165, 1.54) is 10.4 Å². The number of halogens is 1. The van der Waals surface area contributed by atoms with Crippen LogP contribution in [0, 0.1) is 0 Å². The maximum atomic E-state index is 12.7. The molecule has 0 unspecified atom stereocenters. The quantitative estimate of drug-likeness (QED) is 0.877. The monoisotopic (exact) mass is 375 g/mol. The summed E-state index contributed by atoms with van der Waals surface area (Å²) >= 11 is 7.81. The lowest BCUT2D eigenvalue weighted by atomic mass is 10.3. The first kappa shape index (κ1) is 17.0. The molecule has 1 saturated heterocycles. The Morgan fingerprint density at radius 2 is 2.09 bits per heavy atom. The molecule has 9 heteroatoms. The van der Waals surface area contributed by atoms with E-state index in [4.69, 9.17) is 16.3 Å². The molecular weight excluding hydrogens is 358 g/mol. The molecule has 2 heterocycles. The number of amidine groups is 1. The van der Waals surface area contributed by atoms with Crippen molar-refractivity contribution in [2.75, 3.05) is 43.9 Å². The molecule has 2 aliphatic heterocycles. The zero-order chi connectivity index (χ0) is 16.3. The lowest BCUT2D eigenvalue weighted by Crippen LogP contribution is -2.40. The molecule has 0 spiro atoms. The standard InChI is InChI=1S/C14H18ClN3O3S2/c15-12-3-2-11(23(19,20)18-5-7-21-8-6-18)10-13(12)17-14-16-4-1-9-22-14/h2-3,10H,1,4-9H2,(H,16,17). The Labute approximate surface area is 145 Å². The Kier molecular flexibility index (Phi) is 5.48. The summed E-state index contributed by atoms with van der Waals surface area (Å²) in [5.41, 5.74) is 0.564. The van der Waals surface area contributed by atoms with Gasteiger partial charge in [-0.05, 0) is 24.6 Å². The van der Waals surface area contributed by atoms with Gasteiger partial charge in [-0.15, -0.1) is 0 Å². The average Bonchev–Trinajstić information content (AvgIpc) is 2.58. The van der Waals surface area contributed by atoms with Crippen molar-refractivity contribution in [1.29, 1.82) is 0 Å². The molecule has 6 nitrogen and oxygen atoms in total. The molecule has 0 bridgehead atoms. The van der Waals surface area contributed by atoms with E-state index in [-0.39, 0.29) is 4.90 Å². The summed E-state index contributed by atoms with van der Waals surface area (Å²) in [6, 6.07) is 4.71. The Balaban J connectivity index is 1.85. The number of hydrogen-bond donors (Lipinski definition) is 1. The lowest BCUT2D eigenvalue weighted by molar-refractivity contribution is 0.0730. The summed E-state index contributed by atoms with van der Waals surface area (Å²) in [5.74, 6) is 0.995. The van der Waals surface area contributed by atoms with E-state index in [9.17, 15) is 8.42 Å². The van der Waals surface area contributed by atoms with Gasteiger partial charge in [0.1, 0.15) is 0 Å². The second-order valence-corrected chi connectivity index (χ2v) is 8.60. The first-order chi connectivity index (χ1) is 11.1. The number of thioether (sulfide) groups is 1. The fourth-order valence-corrected chi connectivity index (χ4v) is 4.78. The maximum absolute atomic E-state index is 12.7. The predicted octanol–water partition coefficient (Wildman–Crippen LogP) is 2.27. The molecule has 0 radical (unpaired) electrons. The van der Waals surface area contributed by atoms with Crippen LogP contribution in [0.1, 0.15) is 6.42 Å². The molecule has 0 amide bonds. The first-order valence-electron chi connectivity index (χ1n) is 7.39. The normalized spacial score (nSPS) is 20.1. The summed E-state index contributed by atoms with van der Waals surface area (Å²) in [6.07, 6.45) is 1.05. The molecule has 126 valence electrons. The third-order valence-corrected chi connectivity index (χ3v) is 6.81. The number of ether oxygens (including phenoxy) is 1. The number of hydrogen-bond acceptors (Lipinski definition) is 6. The number of benzene rings is 1. The van der Waals surface area contributed by atoms with Crippen molar-refractivity contribution in [3.05, 3.63) is 23.2 Å². The molecule has 0 atom stereocenters. The van der Waals surface area contributed by atoms with Gasteiger partial charge in [0, 0.05) is 25.4 Å². The lowest BCUT2D eigenvalue weighted by Gasteiger charge is -2.26. The van der Waals surface area contributed by atoms with E-state index in [1.807, 2.05) is 0 Å². The highest BCUT2D eigenvalue weighted by Gasteiger charge is 2.27. The Morgan fingerprint density at radius 3 is 2.78 bits per heavy atom. The second kappa shape index (κ2) is 7.40. The van der Waals surface area contributed by atoms with Crippen molar-refractivity contribution in [3.63, 3.8) is 0 Å². The molecular formula is C14H18ClN3O3S2. The number of anilines is 1. The van der Waals surface area contributed by atoms with Crippen LogP contribution in [0.25, 0.3) is 0 Å². The number of nitrogens with one attached hydrogen (secondary N) is 1. The van der Waals surface area contributed by atoms with Gasteiger partial charge >= 0.3 is 0 Å². The van der Waals surface area contributed by atoms with Gasteiger partial charge in [0.15, 0.2) is 5.17 Å². The predicted molar refractivity (Wildman–Crippen MR) is 94.0 cm³/mol. The summed E-state index contributed by atoms with van der Waals surface area (Å²) in [6.45, 7) is 2.36. The van der Waals surface area contributed by atoms with Crippen LogP contribution < -0.4 is 5.32 Å². The summed E-state index contributed by atoms with van der Waals surface area (Å²) in [5, 5.41) is 4.39. The molecule has 1 aromatic rings. The van der Waals surface area contributed by atoms with Gasteiger partial charge in [-0.3, -0.25) is 4.99 Å². The van der Waals surface area contributed by atoms with E-state index in [1.54, 1.807) is 23.9 Å². The zero-order valence-electron chi connectivity index (χ0n) is 12.5.